The lowest BCUT2D eigenvalue weighted by Gasteiger charge is -2.41. The summed E-state index contributed by atoms with van der Waals surface area (Å²) in [4.78, 5) is 13.2. The van der Waals surface area contributed by atoms with Gasteiger partial charge in [-0.3, -0.25) is 9.80 Å². The quantitative estimate of drug-likeness (QED) is 0.832. The number of aryl methyl sites for hydroxylation is 1. The molecule has 106 valence electrons. The van der Waals surface area contributed by atoms with E-state index in [2.05, 4.69) is 33.9 Å². The van der Waals surface area contributed by atoms with Crippen molar-refractivity contribution in [1.82, 2.24) is 25.1 Å². The number of hydrogen-bond donors (Lipinski definition) is 2. The van der Waals surface area contributed by atoms with E-state index in [9.17, 15) is 0 Å². The van der Waals surface area contributed by atoms with Crippen LogP contribution in [0.3, 0.4) is 0 Å². The highest BCUT2D eigenvalue weighted by Gasteiger charge is 2.31. The molecule has 0 aliphatic carbocycles. The van der Waals surface area contributed by atoms with E-state index in [1.165, 1.54) is 24.5 Å². The van der Waals surface area contributed by atoms with E-state index < -0.39 is 0 Å². The second-order valence-corrected chi connectivity index (χ2v) is 6.00. The summed E-state index contributed by atoms with van der Waals surface area (Å²) in [6, 6.07) is 1.11. The van der Waals surface area contributed by atoms with Gasteiger partial charge in [0.2, 0.25) is 0 Å². The van der Waals surface area contributed by atoms with Gasteiger partial charge in [0.05, 0.1) is 17.4 Å². The number of H-pyrrole nitrogens is 1. The van der Waals surface area contributed by atoms with Crippen molar-refractivity contribution in [3.8, 4) is 0 Å². The molecule has 1 fully saturated rings. The molecule has 2 aliphatic rings. The average Bonchev–Trinajstić information content (AvgIpc) is 2.78. The molecular formula is C14H25N5. The summed E-state index contributed by atoms with van der Waals surface area (Å²) < 4.78 is 0. The Morgan fingerprint density at radius 3 is 2.63 bits per heavy atom. The molecule has 1 unspecified atom stereocenters. The Morgan fingerprint density at radius 2 is 1.95 bits per heavy atom. The smallest absolute Gasteiger partial charge is 0.103 e. The monoisotopic (exact) mass is 263 g/mol. The van der Waals surface area contributed by atoms with Crippen LogP contribution in [0.2, 0.25) is 0 Å². The number of aromatic nitrogens is 2. The maximum atomic E-state index is 4.71. The van der Waals surface area contributed by atoms with Crippen molar-refractivity contribution >= 4 is 0 Å². The fraction of sp³-hybridized carbons (Fsp3) is 0.786. The first-order chi connectivity index (χ1) is 9.15. The van der Waals surface area contributed by atoms with E-state index in [0.29, 0.717) is 12.1 Å². The van der Waals surface area contributed by atoms with Crippen LogP contribution in [0.5, 0.6) is 0 Å². The van der Waals surface area contributed by atoms with Gasteiger partial charge in [0.1, 0.15) is 5.82 Å². The zero-order valence-electron chi connectivity index (χ0n) is 12.2. The van der Waals surface area contributed by atoms with Crippen molar-refractivity contribution < 1.29 is 0 Å². The molecule has 0 amide bonds. The molecule has 0 saturated carbocycles. The third-order valence-corrected chi connectivity index (χ3v) is 4.40. The van der Waals surface area contributed by atoms with Crippen LogP contribution in [0, 0.1) is 6.92 Å². The highest BCUT2D eigenvalue weighted by atomic mass is 15.3. The molecule has 3 heterocycles. The second-order valence-electron chi connectivity index (χ2n) is 6.00. The summed E-state index contributed by atoms with van der Waals surface area (Å²) in [5.41, 5.74) is 2.55. The lowest BCUT2D eigenvalue weighted by Crippen LogP contribution is -2.52. The van der Waals surface area contributed by atoms with Crippen molar-refractivity contribution in [1.29, 1.82) is 0 Å². The standard InChI is InChI=1S/C14H25N5/c1-10(2)18-4-6-19(7-5-18)13-9-15-8-12-14(13)17-11(3)16-12/h10,13,15H,4-9H2,1-3H3,(H,16,17). The molecule has 0 radical (unpaired) electrons. The molecule has 1 aromatic rings. The molecule has 0 spiro atoms. The number of piperazine rings is 1. The summed E-state index contributed by atoms with van der Waals surface area (Å²) in [5.74, 6) is 1.04. The first-order valence-electron chi connectivity index (χ1n) is 7.39. The summed E-state index contributed by atoms with van der Waals surface area (Å²) >= 11 is 0. The highest BCUT2D eigenvalue weighted by molar-refractivity contribution is 5.21. The van der Waals surface area contributed by atoms with Gasteiger partial charge in [0.25, 0.3) is 0 Å². The molecule has 2 aliphatic heterocycles. The number of hydrogen-bond acceptors (Lipinski definition) is 4. The summed E-state index contributed by atoms with van der Waals surface area (Å²) in [6.07, 6.45) is 0. The summed E-state index contributed by atoms with van der Waals surface area (Å²) in [7, 11) is 0. The number of fused-ring (bicyclic) bond motifs is 1. The van der Waals surface area contributed by atoms with Crippen molar-refractivity contribution in [2.45, 2.75) is 39.4 Å². The van der Waals surface area contributed by atoms with Crippen molar-refractivity contribution in [2.75, 3.05) is 32.7 Å². The van der Waals surface area contributed by atoms with Gasteiger partial charge in [0, 0.05) is 45.3 Å². The third kappa shape index (κ3) is 2.55. The van der Waals surface area contributed by atoms with Crippen molar-refractivity contribution in [3.63, 3.8) is 0 Å². The van der Waals surface area contributed by atoms with E-state index in [4.69, 9.17) is 4.98 Å². The maximum Gasteiger partial charge on any atom is 0.103 e. The van der Waals surface area contributed by atoms with Gasteiger partial charge < -0.3 is 10.3 Å². The van der Waals surface area contributed by atoms with Gasteiger partial charge in [-0.25, -0.2) is 4.98 Å². The molecule has 5 nitrogen and oxygen atoms in total. The van der Waals surface area contributed by atoms with Crippen LogP contribution in [0.4, 0.5) is 0 Å². The number of imidazole rings is 1. The van der Waals surface area contributed by atoms with Crippen molar-refractivity contribution in [3.05, 3.63) is 17.2 Å². The molecule has 3 rings (SSSR count). The third-order valence-electron chi connectivity index (χ3n) is 4.40. The van der Waals surface area contributed by atoms with Gasteiger partial charge in [-0.2, -0.15) is 0 Å². The lowest BCUT2D eigenvalue weighted by molar-refractivity contribution is 0.0733. The summed E-state index contributed by atoms with van der Waals surface area (Å²) in [6.45, 7) is 13.2. The maximum absolute atomic E-state index is 4.71. The number of aromatic amines is 1. The minimum absolute atomic E-state index is 0.447. The SMILES string of the molecule is Cc1nc2c([nH]1)CNCC2N1CCN(C(C)C)CC1. The van der Waals surface area contributed by atoms with Crippen LogP contribution in [-0.2, 0) is 6.54 Å². The zero-order valence-corrected chi connectivity index (χ0v) is 12.2. The fourth-order valence-electron chi connectivity index (χ4n) is 3.27. The molecule has 2 N–H and O–H groups in total. The number of rotatable bonds is 2. The zero-order chi connectivity index (χ0) is 13.4. The Bertz CT molecular complexity index is 431. The van der Waals surface area contributed by atoms with E-state index in [1.807, 2.05) is 6.92 Å². The predicted octanol–water partition coefficient (Wildman–Crippen LogP) is 0.888. The van der Waals surface area contributed by atoms with Crippen molar-refractivity contribution in [2.24, 2.45) is 0 Å². The van der Waals surface area contributed by atoms with Crippen LogP contribution in [0.1, 0.15) is 37.1 Å². The molecule has 1 aromatic heterocycles. The topological polar surface area (TPSA) is 47.2 Å². The van der Waals surface area contributed by atoms with E-state index in [1.54, 1.807) is 0 Å². The van der Waals surface area contributed by atoms with Gasteiger partial charge >= 0.3 is 0 Å². The molecule has 5 heteroatoms. The minimum Gasteiger partial charge on any atom is -0.345 e. The Hall–Kier alpha value is -0.910. The molecule has 19 heavy (non-hydrogen) atoms. The fourth-order valence-corrected chi connectivity index (χ4v) is 3.27. The second kappa shape index (κ2) is 5.23. The van der Waals surface area contributed by atoms with Crippen LogP contribution in [0.15, 0.2) is 0 Å². The number of nitrogens with one attached hydrogen (secondary N) is 2. The molecular weight excluding hydrogens is 238 g/mol. The Kier molecular flexibility index (Phi) is 3.60. The normalized spacial score (nSPS) is 25.8. The van der Waals surface area contributed by atoms with E-state index >= 15 is 0 Å². The molecule has 1 atom stereocenters. The molecule has 0 aromatic carbocycles. The highest BCUT2D eigenvalue weighted by Crippen LogP contribution is 2.26. The van der Waals surface area contributed by atoms with Crippen LogP contribution >= 0.6 is 0 Å². The Morgan fingerprint density at radius 1 is 1.21 bits per heavy atom. The molecule has 0 bridgehead atoms. The van der Waals surface area contributed by atoms with Crippen LogP contribution < -0.4 is 5.32 Å². The van der Waals surface area contributed by atoms with E-state index in [-0.39, 0.29) is 0 Å². The minimum atomic E-state index is 0.447. The van der Waals surface area contributed by atoms with Crippen LogP contribution in [-0.4, -0.2) is 58.5 Å². The van der Waals surface area contributed by atoms with Gasteiger partial charge in [-0.1, -0.05) is 0 Å². The average molecular weight is 263 g/mol. The Labute approximate surface area is 115 Å². The lowest BCUT2D eigenvalue weighted by atomic mass is 10.1. The van der Waals surface area contributed by atoms with Gasteiger partial charge in [0.15, 0.2) is 0 Å². The molecule has 1 saturated heterocycles. The Balaban J connectivity index is 1.71. The van der Waals surface area contributed by atoms with Crippen LogP contribution in [0.25, 0.3) is 0 Å². The number of nitrogens with zero attached hydrogens (tertiary/aromatic N) is 3. The summed E-state index contributed by atoms with van der Waals surface area (Å²) in [5, 5.41) is 3.51. The first kappa shape index (κ1) is 13.1. The first-order valence-corrected chi connectivity index (χ1v) is 7.39. The largest absolute Gasteiger partial charge is 0.345 e. The van der Waals surface area contributed by atoms with E-state index in [0.717, 1.165) is 32.0 Å². The van der Waals surface area contributed by atoms with Gasteiger partial charge in [-0.05, 0) is 20.8 Å². The predicted molar refractivity (Wildman–Crippen MR) is 76.1 cm³/mol. The van der Waals surface area contributed by atoms with Gasteiger partial charge in [-0.15, -0.1) is 0 Å².